The monoisotopic (exact) mass is 527 g/mol. The number of hydrogen-bond acceptors (Lipinski definition) is 8. The topological polar surface area (TPSA) is 133 Å². The molecule has 11 heteroatoms. The van der Waals surface area contributed by atoms with E-state index in [0.717, 1.165) is 0 Å². The van der Waals surface area contributed by atoms with Crippen molar-refractivity contribution < 1.29 is 19.4 Å². The van der Waals surface area contributed by atoms with Crippen molar-refractivity contribution in [2.45, 2.75) is 13.5 Å². The van der Waals surface area contributed by atoms with E-state index in [4.69, 9.17) is 27.6 Å². The van der Waals surface area contributed by atoms with Crippen molar-refractivity contribution in [2.75, 3.05) is 29.1 Å². The minimum Gasteiger partial charge on any atom is -0.478 e. The van der Waals surface area contributed by atoms with Crippen LogP contribution in [-0.2, 0) is 6.54 Å². The second kappa shape index (κ2) is 11.3. The van der Waals surface area contributed by atoms with Gasteiger partial charge < -0.3 is 30.6 Å². The van der Waals surface area contributed by atoms with Gasteiger partial charge in [0.05, 0.1) is 29.4 Å². The molecule has 0 aliphatic heterocycles. The number of anilines is 4. The van der Waals surface area contributed by atoms with E-state index in [9.17, 15) is 15.0 Å². The first-order valence-electron chi connectivity index (χ1n) is 11.0. The van der Waals surface area contributed by atoms with E-state index in [1.807, 2.05) is 6.07 Å². The fourth-order valence-corrected chi connectivity index (χ4v) is 3.90. The van der Waals surface area contributed by atoms with Gasteiger partial charge in [-0.25, -0.2) is 14.8 Å². The quantitative estimate of drug-likeness (QED) is 0.173. The summed E-state index contributed by atoms with van der Waals surface area (Å²) < 4.78 is 5.98. The van der Waals surface area contributed by atoms with E-state index in [2.05, 4.69) is 25.9 Å². The molecule has 0 aliphatic carbocycles. The molecule has 36 heavy (non-hydrogen) atoms. The number of halogens is 2. The first-order chi connectivity index (χ1) is 17.4. The molecule has 9 nitrogen and oxygen atoms in total. The summed E-state index contributed by atoms with van der Waals surface area (Å²) in [5, 5.41) is 29.4. The van der Waals surface area contributed by atoms with Crippen molar-refractivity contribution in [3.63, 3.8) is 0 Å². The number of carbonyl (C=O) groups is 1. The van der Waals surface area contributed by atoms with Crippen LogP contribution in [0.1, 0.15) is 21.9 Å². The molecule has 4 rings (SSSR count). The van der Waals surface area contributed by atoms with Crippen LogP contribution in [0.5, 0.6) is 0 Å². The number of nitrogens with one attached hydrogen (secondary N) is 3. The molecule has 4 aromatic rings. The highest BCUT2D eigenvalue weighted by molar-refractivity contribution is 6.35. The highest BCUT2D eigenvalue weighted by Crippen LogP contribution is 2.34. The molecule has 0 aliphatic rings. The Bertz CT molecular complexity index is 1390. The van der Waals surface area contributed by atoms with Gasteiger partial charge in [-0.1, -0.05) is 35.3 Å². The summed E-state index contributed by atoms with van der Waals surface area (Å²) in [5.74, 6) is 1.35. The SMILES string of the molecule is Cc1nc(NCCO)c(NCc2ccc(-c3cc(Cl)ccc3Cl)o2)c(Nc2ccccc2C(=O)O)n1. The Morgan fingerprint density at radius 3 is 2.58 bits per heavy atom. The van der Waals surface area contributed by atoms with Crippen molar-refractivity contribution in [3.8, 4) is 11.3 Å². The zero-order chi connectivity index (χ0) is 25.7. The third-order valence-corrected chi connectivity index (χ3v) is 5.70. The molecule has 2 aromatic heterocycles. The minimum absolute atomic E-state index is 0.0960. The molecule has 2 heterocycles. The van der Waals surface area contributed by atoms with E-state index in [1.165, 1.54) is 6.07 Å². The van der Waals surface area contributed by atoms with Gasteiger partial charge in [-0.2, -0.15) is 0 Å². The number of aromatic nitrogens is 2. The van der Waals surface area contributed by atoms with Gasteiger partial charge in [0, 0.05) is 17.1 Å². The zero-order valence-corrected chi connectivity index (χ0v) is 20.7. The van der Waals surface area contributed by atoms with Gasteiger partial charge in [-0.15, -0.1) is 0 Å². The summed E-state index contributed by atoms with van der Waals surface area (Å²) in [6.07, 6.45) is 0. The number of nitrogens with zero attached hydrogens (tertiary/aromatic N) is 2. The van der Waals surface area contributed by atoms with Gasteiger partial charge in [0.2, 0.25) is 0 Å². The van der Waals surface area contributed by atoms with Crippen molar-refractivity contribution in [1.29, 1.82) is 0 Å². The number of para-hydroxylation sites is 1. The summed E-state index contributed by atoms with van der Waals surface area (Å²) in [7, 11) is 0. The number of benzene rings is 2. The van der Waals surface area contributed by atoms with Crippen molar-refractivity contribution in [3.05, 3.63) is 81.8 Å². The molecular formula is C25H23Cl2N5O4. The summed E-state index contributed by atoms with van der Waals surface area (Å²) in [6, 6.07) is 15.3. The van der Waals surface area contributed by atoms with Gasteiger partial charge in [-0.3, -0.25) is 0 Å². The Hall–Kier alpha value is -3.79. The van der Waals surface area contributed by atoms with Crippen LogP contribution in [0.25, 0.3) is 11.3 Å². The van der Waals surface area contributed by atoms with Gasteiger partial charge in [0.1, 0.15) is 23.0 Å². The predicted octanol–water partition coefficient (Wildman–Crippen LogP) is 5.81. The Labute approximate surface area is 217 Å². The third-order valence-electron chi connectivity index (χ3n) is 5.13. The maximum Gasteiger partial charge on any atom is 0.337 e. The van der Waals surface area contributed by atoms with Crippen molar-refractivity contribution in [2.24, 2.45) is 0 Å². The molecule has 0 atom stereocenters. The average Bonchev–Trinajstić information content (AvgIpc) is 3.32. The highest BCUT2D eigenvalue weighted by Gasteiger charge is 2.17. The predicted molar refractivity (Wildman–Crippen MR) is 141 cm³/mol. The Balaban J connectivity index is 1.65. The summed E-state index contributed by atoms with van der Waals surface area (Å²) in [4.78, 5) is 20.6. The fraction of sp³-hybridized carbons (Fsp3) is 0.160. The first kappa shape index (κ1) is 25.3. The van der Waals surface area contributed by atoms with Gasteiger partial charge in [0.25, 0.3) is 0 Å². The van der Waals surface area contributed by atoms with E-state index in [0.29, 0.717) is 56.0 Å². The van der Waals surface area contributed by atoms with Gasteiger partial charge >= 0.3 is 5.97 Å². The molecule has 0 fully saturated rings. The van der Waals surface area contributed by atoms with Crippen LogP contribution in [0.2, 0.25) is 10.0 Å². The molecule has 5 N–H and O–H groups in total. The Kier molecular flexibility index (Phi) is 7.94. The molecule has 0 saturated carbocycles. The largest absolute Gasteiger partial charge is 0.478 e. The number of furan rings is 1. The number of aliphatic hydroxyl groups is 1. The fourth-order valence-electron chi connectivity index (χ4n) is 3.52. The number of hydrogen-bond donors (Lipinski definition) is 5. The zero-order valence-electron chi connectivity index (χ0n) is 19.2. The van der Waals surface area contributed by atoms with Crippen molar-refractivity contribution >= 4 is 52.2 Å². The van der Waals surface area contributed by atoms with E-state index in [-0.39, 0.29) is 25.3 Å². The lowest BCUT2D eigenvalue weighted by Crippen LogP contribution is -2.14. The molecule has 0 unspecified atom stereocenters. The third kappa shape index (κ3) is 5.88. The van der Waals surface area contributed by atoms with Crippen LogP contribution in [0.15, 0.2) is 59.0 Å². The number of aliphatic hydroxyl groups excluding tert-OH is 1. The Morgan fingerprint density at radius 2 is 1.81 bits per heavy atom. The summed E-state index contributed by atoms with van der Waals surface area (Å²) in [6.45, 7) is 2.13. The van der Waals surface area contributed by atoms with Crippen LogP contribution >= 0.6 is 23.2 Å². The molecule has 0 saturated heterocycles. The number of aryl methyl sites for hydroxylation is 1. The van der Waals surface area contributed by atoms with Gasteiger partial charge in [0.15, 0.2) is 11.6 Å². The molecular weight excluding hydrogens is 505 g/mol. The summed E-state index contributed by atoms with van der Waals surface area (Å²) in [5.41, 5.74) is 1.62. The number of rotatable bonds is 10. The molecule has 0 bridgehead atoms. The standard InChI is InChI=1S/C25H23Cl2N5O4/c1-14-30-23(28-10-11-33)22(24(31-14)32-20-5-3-2-4-17(20)25(34)35)29-13-16-7-9-21(36-16)18-12-15(26)6-8-19(18)27/h2-9,12,29,33H,10-11,13H2,1H3,(H,34,35)(H2,28,30,31,32). The lowest BCUT2D eigenvalue weighted by molar-refractivity contribution is 0.0698. The van der Waals surface area contributed by atoms with Crippen LogP contribution in [-0.4, -0.2) is 39.3 Å². The molecule has 0 radical (unpaired) electrons. The van der Waals surface area contributed by atoms with Crippen LogP contribution in [0, 0.1) is 6.92 Å². The first-order valence-corrected chi connectivity index (χ1v) is 11.7. The van der Waals surface area contributed by atoms with Crippen LogP contribution in [0.3, 0.4) is 0 Å². The van der Waals surface area contributed by atoms with Gasteiger partial charge in [-0.05, 0) is 49.4 Å². The second-order valence-corrected chi connectivity index (χ2v) is 8.56. The van der Waals surface area contributed by atoms with E-state index < -0.39 is 5.97 Å². The Morgan fingerprint density at radius 1 is 1.03 bits per heavy atom. The maximum atomic E-state index is 11.7. The lowest BCUT2D eigenvalue weighted by Gasteiger charge is -2.18. The molecule has 0 amide bonds. The number of aromatic carboxylic acids is 1. The minimum atomic E-state index is -1.07. The molecule has 186 valence electrons. The second-order valence-electron chi connectivity index (χ2n) is 7.71. The molecule has 0 spiro atoms. The van der Waals surface area contributed by atoms with E-state index >= 15 is 0 Å². The van der Waals surface area contributed by atoms with E-state index in [1.54, 1.807) is 49.4 Å². The van der Waals surface area contributed by atoms with Crippen molar-refractivity contribution in [1.82, 2.24) is 9.97 Å². The maximum absolute atomic E-state index is 11.7. The highest BCUT2D eigenvalue weighted by atomic mass is 35.5. The smallest absolute Gasteiger partial charge is 0.337 e. The van der Waals surface area contributed by atoms with Crippen LogP contribution < -0.4 is 16.0 Å². The summed E-state index contributed by atoms with van der Waals surface area (Å²) >= 11 is 12.4. The molecule has 2 aromatic carbocycles. The van der Waals surface area contributed by atoms with Crippen LogP contribution in [0.4, 0.5) is 23.0 Å². The average molecular weight is 528 g/mol. The number of carboxylic acids is 1. The lowest BCUT2D eigenvalue weighted by atomic mass is 10.2. The number of carboxylic acid groups (broad SMARTS) is 1. The normalized spacial score (nSPS) is 10.8.